The van der Waals surface area contributed by atoms with Crippen molar-refractivity contribution in [1.29, 1.82) is 0 Å². The molecule has 0 unspecified atom stereocenters. The predicted octanol–water partition coefficient (Wildman–Crippen LogP) is 6.04. The fraction of sp³-hybridized carbons (Fsp3) is 0.212. The lowest BCUT2D eigenvalue weighted by Gasteiger charge is -2.44. The maximum absolute atomic E-state index is 13.5. The highest BCUT2D eigenvalue weighted by Crippen LogP contribution is 2.41. The minimum Gasteiger partial charge on any atom is -0.486 e. The van der Waals surface area contributed by atoms with Crippen molar-refractivity contribution in [2.75, 3.05) is 13.1 Å². The number of para-hydroxylation sites is 1. The smallest absolute Gasteiger partial charge is 0.253 e. The van der Waals surface area contributed by atoms with Crippen molar-refractivity contribution in [3.8, 4) is 22.6 Å². The number of nitrogens with zero attached hydrogens (tertiary/aromatic N) is 4. The van der Waals surface area contributed by atoms with Crippen LogP contribution in [-0.4, -0.2) is 50.0 Å². The Hall–Kier alpha value is -4.78. The third-order valence-electron chi connectivity index (χ3n) is 8.16. The molecule has 2 aliphatic heterocycles. The van der Waals surface area contributed by atoms with Gasteiger partial charge in [-0.2, -0.15) is 5.10 Å². The number of fused-ring (bicyclic) bond motifs is 2. The average Bonchev–Trinajstić information content (AvgIpc) is 3.33. The number of aryl methyl sites for hydroxylation is 1. The molecule has 0 radical (unpaired) electrons. The second kappa shape index (κ2) is 9.45. The summed E-state index contributed by atoms with van der Waals surface area (Å²) in [5, 5.41) is 5.68. The third kappa shape index (κ3) is 4.14. The molecule has 198 valence electrons. The average molecular weight is 529 g/mol. The van der Waals surface area contributed by atoms with Gasteiger partial charge in [0, 0.05) is 54.8 Å². The van der Waals surface area contributed by atoms with Gasteiger partial charge in [0.1, 0.15) is 11.4 Å². The fourth-order valence-corrected chi connectivity index (χ4v) is 5.95. The van der Waals surface area contributed by atoms with Crippen LogP contribution in [0.5, 0.6) is 5.75 Å². The number of likely N-dealkylation sites (tertiary alicyclic amines) is 1. The number of benzene rings is 3. The first-order valence-electron chi connectivity index (χ1n) is 13.6. The van der Waals surface area contributed by atoms with Crippen LogP contribution in [0.1, 0.15) is 45.7 Å². The number of carbonyl (C=O) groups is 2. The van der Waals surface area contributed by atoms with E-state index in [0.29, 0.717) is 49.2 Å². The molecule has 0 bridgehead atoms. The van der Waals surface area contributed by atoms with Gasteiger partial charge in [-0.25, -0.2) is 4.68 Å². The van der Waals surface area contributed by atoms with Crippen molar-refractivity contribution < 1.29 is 14.3 Å². The molecule has 5 aromatic rings. The molecule has 1 fully saturated rings. The number of aromatic nitrogens is 3. The first-order valence-corrected chi connectivity index (χ1v) is 13.6. The first-order chi connectivity index (χ1) is 19.5. The molecule has 0 N–H and O–H groups in total. The van der Waals surface area contributed by atoms with Gasteiger partial charge in [-0.3, -0.25) is 14.6 Å². The molecule has 7 nitrogen and oxygen atoms in total. The molecule has 40 heavy (non-hydrogen) atoms. The summed E-state index contributed by atoms with van der Waals surface area (Å²) in [6.45, 7) is 3.04. The number of ketones is 1. The topological polar surface area (TPSA) is 77.3 Å². The molecule has 7 rings (SSSR count). The Bertz CT molecular complexity index is 1750. The lowest BCUT2D eigenvalue weighted by Crippen LogP contribution is -2.52. The normalized spacial score (nSPS) is 16.1. The number of Topliss-reactive ketones (excluding diaryl/α,β-unsaturated/α-hetero) is 1. The van der Waals surface area contributed by atoms with E-state index in [2.05, 4.69) is 4.98 Å². The fourth-order valence-electron chi connectivity index (χ4n) is 5.95. The summed E-state index contributed by atoms with van der Waals surface area (Å²) in [6.07, 6.45) is 5.07. The monoisotopic (exact) mass is 528 g/mol. The number of amides is 1. The van der Waals surface area contributed by atoms with E-state index in [1.54, 1.807) is 12.4 Å². The van der Waals surface area contributed by atoms with Gasteiger partial charge >= 0.3 is 0 Å². The highest BCUT2D eigenvalue weighted by molar-refractivity contribution is 6.02. The van der Waals surface area contributed by atoms with Gasteiger partial charge in [0.05, 0.1) is 28.9 Å². The zero-order valence-electron chi connectivity index (χ0n) is 22.2. The Morgan fingerprint density at radius 3 is 2.52 bits per heavy atom. The van der Waals surface area contributed by atoms with Crippen LogP contribution in [0.25, 0.3) is 27.7 Å². The SMILES string of the molecule is Cc1nn(-c2ccccc2)c2ccc(C(=O)N3CCC4(CC3)CC(=O)c3cc(-c5cccnc5)ccc3O4)cc12. The molecule has 3 aromatic carbocycles. The summed E-state index contributed by atoms with van der Waals surface area (Å²) in [4.78, 5) is 32.8. The van der Waals surface area contributed by atoms with Crippen molar-refractivity contribution in [1.82, 2.24) is 19.7 Å². The molecule has 2 aliphatic rings. The lowest BCUT2D eigenvalue weighted by atomic mass is 9.82. The molecule has 0 saturated carbocycles. The zero-order chi connectivity index (χ0) is 27.3. The van der Waals surface area contributed by atoms with Crippen LogP contribution < -0.4 is 4.74 Å². The van der Waals surface area contributed by atoms with E-state index in [0.717, 1.165) is 33.4 Å². The highest BCUT2D eigenvalue weighted by atomic mass is 16.5. The van der Waals surface area contributed by atoms with Crippen molar-refractivity contribution in [2.24, 2.45) is 0 Å². The Morgan fingerprint density at radius 2 is 1.75 bits per heavy atom. The number of pyridine rings is 1. The van der Waals surface area contributed by atoms with Crippen LogP contribution in [-0.2, 0) is 0 Å². The molecule has 4 heterocycles. The standard InChI is InChI=1S/C33H28N4O3/c1-22-27-19-24(9-11-29(27)37(35-22)26-7-3-2-4-8-26)32(39)36-16-13-33(14-17-36)20-30(38)28-18-23(10-12-31(28)40-33)25-6-5-15-34-21-25/h2-12,15,18-19,21H,13-14,16-17,20H2,1H3. The van der Waals surface area contributed by atoms with Crippen LogP contribution in [0.3, 0.4) is 0 Å². The van der Waals surface area contributed by atoms with Crippen molar-refractivity contribution in [3.05, 3.63) is 108 Å². The molecule has 7 heteroatoms. The van der Waals surface area contributed by atoms with E-state index >= 15 is 0 Å². The number of carbonyl (C=O) groups excluding carboxylic acids is 2. The summed E-state index contributed by atoms with van der Waals surface area (Å²) < 4.78 is 8.40. The minimum absolute atomic E-state index is 0.00717. The van der Waals surface area contributed by atoms with Crippen LogP contribution in [0, 0.1) is 6.92 Å². The maximum atomic E-state index is 13.5. The number of piperidine rings is 1. The molecular formula is C33H28N4O3. The predicted molar refractivity (Wildman–Crippen MR) is 153 cm³/mol. The first kappa shape index (κ1) is 24.3. The molecule has 1 amide bonds. The molecule has 0 aliphatic carbocycles. The molecule has 0 atom stereocenters. The van der Waals surface area contributed by atoms with E-state index in [1.807, 2.05) is 95.4 Å². The van der Waals surface area contributed by atoms with Crippen LogP contribution >= 0.6 is 0 Å². The van der Waals surface area contributed by atoms with Crippen molar-refractivity contribution >= 4 is 22.6 Å². The van der Waals surface area contributed by atoms with Crippen LogP contribution in [0.4, 0.5) is 0 Å². The highest BCUT2D eigenvalue weighted by Gasteiger charge is 2.43. The lowest BCUT2D eigenvalue weighted by molar-refractivity contribution is -0.00569. The van der Waals surface area contributed by atoms with Gasteiger partial charge in [-0.1, -0.05) is 30.3 Å². The Kier molecular flexibility index (Phi) is 5.73. The third-order valence-corrected chi connectivity index (χ3v) is 8.16. The quantitative estimate of drug-likeness (QED) is 0.286. The summed E-state index contributed by atoms with van der Waals surface area (Å²) in [5.41, 5.74) is 5.43. The van der Waals surface area contributed by atoms with Gasteiger partial charge in [-0.15, -0.1) is 0 Å². The van der Waals surface area contributed by atoms with Crippen molar-refractivity contribution in [3.63, 3.8) is 0 Å². The van der Waals surface area contributed by atoms with Crippen LogP contribution in [0.2, 0.25) is 0 Å². The Labute approximate surface area is 232 Å². The largest absolute Gasteiger partial charge is 0.486 e. The van der Waals surface area contributed by atoms with Crippen molar-refractivity contribution in [2.45, 2.75) is 31.8 Å². The second-order valence-corrected chi connectivity index (χ2v) is 10.7. The molecule has 1 saturated heterocycles. The number of hydrogen-bond donors (Lipinski definition) is 0. The second-order valence-electron chi connectivity index (χ2n) is 10.7. The zero-order valence-corrected chi connectivity index (χ0v) is 22.2. The van der Waals surface area contributed by atoms with Gasteiger partial charge in [-0.05, 0) is 61.0 Å². The summed E-state index contributed by atoms with van der Waals surface area (Å²) >= 11 is 0. The number of ether oxygens (including phenoxy) is 1. The van der Waals surface area contributed by atoms with Crippen LogP contribution in [0.15, 0.2) is 91.3 Å². The van der Waals surface area contributed by atoms with Gasteiger partial charge in [0.2, 0.25) is 0 Å². The van der Waals surface area contributed by atoms with Gasteiger partial charge in [0.25, 0.3) is 5.91 Å². The summed E-state index contributed by atoms with van der Waals surface area (Å²) in [6, 6.07) is 25.4. The summed E-state index contributed by atoms with van der Waals surface area (Å²) in [5.74, 6) is 0.704. The molecule has 2 aromatic heterocycles. The van der Waals surface area contributed by atoms with E-state index in [9.17, 15) is 9.59 Å². The number of rotatable bonds is 3. The van der Waals surface area contributed by atoms with E-state index in [1.165, 1.54) is 0 Å². The maximum Gasteiger partial charge on any atom is 0.253 e. The number of hydrogen-bond acceptors (Lipinski definition) is 5. The molecule has 1 spiro atoms. The van der Waals surface area contributed by atoms with Gasteiger partial charge < -0.3 is 9.64 Å². The van der Waals surface area contributed by atoms with E-state index in [4.69, 9.17) is 9.84 Å². The summed E-state index contributed by atoms with van der Waals surface area (Å²) in [7, 11) is 0. The van der Waals surface area contributed by atoms with E-state index < -0.39 is 5.60 Å². The minimum atomic E-state index is -0.575. The molecular weight excluding hydrogens is 500 g/mol. The Balaban J connectivity index is 1.08. The van der Waals surface area contributed by atoms with E-state index in [-0.39, 0.29) is 11.7 Å². The Morgan fingerprint density at radius 1 is 0.925 bits per heavy atom. The van der Waals surface area contributed by atoms with Gasteiger partial charge in [0.15, 0.2) is 5.78 Å².